The zero-order valence-electron chi connectivity index (χ0n) is 12.7. The van der Waals surface area contributed by atoms with Crippen LogP contribution in [-0.2, 0) is 13.0 Å². The van der Waals surface area contributed by atoms with Gasteiger partial charge in [-0.15, -0.1) is 11.3 Å². The molecule has 0 unspecified atom stereocenters. The maximum Gasteiger partial charge on any atom is 0.134 e. The largest absolute Gasteiger partial charge is 0.370 e. The van der Waals surface area contributed by atoms with Crippen LogP contribution in [-0.4, -0.2) is 23.6 Å². The summed E-state index contributed by atoms with van der Waals surface area (Å²) >= 11 is 5.22. The van der Waals surface area contributed by atoms with Gasteiger partial charge in [-0.1, -0.05) is 6.92 Å². The van der Waals surface area contributed by atoms with Gasteiger partial charge >= 0.3 is 0 Å². The van der Waals surface area contributed by atoms with Gasteiger partial charge in [-0.2, -0.15) is 0 Å². The molecule has 0 spiro atoms. The van der Waals surface area contributed by atoms with Crippen LogP contribution in [0, 0.1) is 0 Å². The summed E-state index contributed by atoms with van der Waals surface area (Å²) in [5, 5.41) is 5.45. The number of halogens is 1. The van der Waals surface area contributed by atoms with Crippen LogP contribution in [0.1, 0.15) is 31.7 Å². The first kappa shape index (κ1) is 16.2. The zero-order chi connectivity index (χ0) is 15.2. The van der Waals surface area contributed by atoms with Crippen molar-refractivity contribution < 1.29 is 0 Å². The van der Waals surface area contributed by atoms with Gasteiger partial charge in [0.15, 0.2) is 0 Å². The zero-order valence-corrected chi connectivity index (χ0v) is 15.1. The van der Waals surface area contributed by atoms with Crippen molar-refractivity contribution in [1.29, 1.82) is 0 Å². The van der Waals surface area contributed by atoms with E-state index in [4.69, 9.17) is 0 Å². The highest BCUT2D eigenvalue weighted by Gasteiger charge is 2.09. The number of rotatable bonds is 7. The third kappa shape index (κ3) is 4.68. The van der Waals surface area contributed by atoms with E-state index in [-0.39, 0.29) is 0 Å². The molecular weight excluding hydrogens is 348 g/mol. The van der Waals surface area contributed by atoms with Crippen molar-refractivity contribution in [3.05, 3.63) is 32.7 Å². The molecule has 0 radical (unpaired) electrons. The van der Waals surface area contributed by atoms with Crippen LogP contribution in [0.5, 0.6) is 0 Å². The quantitative estimate of drug-likeness (QED) is 0.789. The van der Waals surface area contributed by atoms with E-state index in [1.165, 1.54) is 5.56 Å². The molecule has 0 fully saturated rings. The molecule has 4 nitrogen and oxygen atoms in total. The van der Waals surface area contributed by atoms with Crippen molar-refractivity contribution in [2.75, 3.05) is 23.8 Å². The summed E-state index contributed by atoms with van der Waals surface area (Å²) in [6.45, 7) is 5.93. The fraction of sp³-hybridized carbons (Fsp3) is 0.467. The Morgan fingerprint density at radius 3 is 2.71 bits per heavy atom. The summed E-state index contributed by atoms with van der Waals surface area (Å²) < 4.78 is 1.16. The standard InChI is InChI=1S/C15H21BrN4S/c1-4-6-13-18-14(17-5-2)8-15(19-13)20(3)9-11-7-12(16)21-10-11/h7-8,10H,4-6,9H2,1-3H3,(H,17,18,19). The number of hydrogen-bond donors (Lipinski definition) is 1. The topological polar surface area (TPSA) is 41.1 Å². The van der Waals surface area contributed by atoms with E-state index in [1.54, 1.807) is 11.3 Å². The highest BCUT2D eigenvalue weighted by molar-refractivity contribution is 9.11. The van der Waals surface area contributed by atoms with E-state index in [1.807, 2.05) is 6.07 Å². The minimum Gasteiger partial charge on any atom is -0.370 e. The van der Waals surface area contributed by atoms with Crippen LogP contribution < -0.4 is 10.2 Å². The second kappa shape index (κ2) is 7.75. The van der Waals surface area contributed by atoms with Gasteiger partial charge in [0, 0.05) is 32.6 Å². The van der Waals surface area contributed by atoms with Crippen molar-refractivity contribution in [1.82, 2.24) is 9.97 Å². The molecule has 2 aromatic rings. The molecule has 2 rings (SSSR count). The van der Waals surface area contributed by atoms with Crippen molar-refractivity contribution in [3.63, 3.8) is 0 Å². The highest BCUT2D eigenvalue weighted by Crippen LogP contribution is 2.23. The second-order valence-electron chi connectivity index (χ2n) is 4.92. The molecule has 114 valence electrons. The van der Waals surface area contributed by atoms with Crippen molar-refractivity contribution >= 4 is 38.9 Å². The van der Waals surface area contributed by atoms with Crippen LogP contribution in [0.4, 0.5) is 11.6 Å². The van der Waals surface area contributed by atoms with E-state index in [9.17, 15) is 0 Å². The molecule has 6 heteroatoms. The Hall–Kier alpha value is -1.14. The number of hydrogen-bond acceptors (Lipinski definition) is 5. The number of nitrogens with zero attached hydrogens (tertiary/aromatic N) is 3. The third-order valence-electron chi connectivity index (χ3n) is 3.02. The predicted molar refractivity (Wildman–Crippen MR) is 94.3 cm³/mol. The van der Waals surface area contributed by atoms with Crippen molar-refractivity contribution in [2.24, 2.45) is 0 Å². The third-order valence-corrected chi connectivity index (χ3v) is 4.58. The van der Waals surface area contributed by atoms with Gasteiger partial charge in [-0.05, 0) is 46.3 Å². The van der Waals surface area contributed by atoms with Gasteiger partial charge in [0.05, 0.1) is 3.79 Å². The first-order valence-corrected chi connectivity index (χ1v) is 8.85. The SMILES string of the molecule is CCCc1nc(NCC)cc(N(C)Cc2csc(Br)c2)n1. The molecule has 0 aliphatic rings. The number of anilines is 2. The molecule has 0 saturated heterocycles. The normalized spacial score (nSPS) is 10.7. The van der Waals surface area contributed by atoms with Gasteiger partial charge in [-0.25, -0.2) is 9.97 Å². The lowest BCUT2D eigenvalue weighted by atomic mass is 10.3. The number of nitrogens with one attached hydrogen (secondary N) is 1. The average Bonchev–Trinajstić information content (AvgIpc) is 2.84. The lowest BCUT2D eigenvalue weighted by molar-refractivity contribution is 0.813. The van der Waals surface area contributed by atoms with E-state index in [2.05, 4.69) is 68.5 Å². The molecule has 0 aliphatic heterocycles. The average molecular weight is 369 g/mol. The summed E-state index contributed by atoms with van der Waals surface area (Å²) in [7, 11) is 2.07. The first-order valence-electron chi connectivity index (χ1n) is 7.18. The lowest BCUT2D eigenvalue weighted by Crippen LogP contribution is -2.19. The fourth-order valence-electron chi connectivity index (χ4n) is 2.07. The molecule has 2 heterocycles. The van der Waals surface area contributed by atoms with Gasteiger partial charge in [-0.3, -0.25) is 0 Å². The molecular formula is C15H21BrN4S. The molecule has 0 amide bonds. The van der Waals surface area contributed by atoms with Crippen LogP contribution in [0.3, 0.4) is 0 Å². The molecule has 2 aromatic heterocycles. The summed E-state index contributed by atoms with van der Waals surface area (Å²) in [5.41, 5.74) is 1.29. The Morgan fingerprint density at radius 2 is 2.10 bits per heavy atom. The maximum absolute atomic E-state index is 4.67. The maximum atomic E-state index is 4.67. The van der Waals surface area contributed by atoms with Crippen LogP contribution >= 0.6 is 27.3 Å². The van der Waals surface area contributed by atoms with Crippen molar-refractivity contribution in [2.45, 2.75) is 33.2 Å². The van der Waals surface area contributed by atoms with E-state index in [0.29, 0.717) is 0 Å². The Bertz CT molecular complexity index is 561. The van der Waals surface area contributed by atoms with Crippen LogP contribution in [0.15, 0.2) is 21.3 Å². The molecule has 1 N–H and O–H groups in total. The Labute approximate surface area is 138 Å². The summed E-state index contributed by atoms with van der Waals surface area (Å²) in [6.07, 6.45) is 1.96. The molecule has 21 heavy (non-hydrogen) atoms. The Morgan fingerprint density at radius 1 is 1.29 bits per heavy atom. The predicted octanol–water partition coefficient (Wildman–Crippen LogP) is 4.32. The minimum atomic E-state index is 0.843. The lowest BCUT2D eigenvalue weighted by Gasteiger charge is -2.19. The van der Waals surface area contributed by atoms with Gasteiger partial charge in [0.2, 0.25) is 0 Å². The number of thiophene rings is 1. The Balaban J connectivity index is 2.19. The fourth-order valence-corrected chi connectivity index (χ4v) is 3.27. The molecule has 0 aliphatic carbocycles. The summed E-state index contributed by atoms with van der Waals surface area (Å²) in [6, 6.07) is 4.17. The van der Waals surface area contributed by atoms with E-state index in [0.717, 1.165) is 47.2 Å². The van der Waals surface area contributed by atoms with Gasteiger partial charge < -0.3 is 10.2 Å². The molecule has 0 bridgehead atoms. The second-order valence-corrected chi connectivity index (χ2v) is 7.21. The Kier molecular flexibility index (Phi) is 5.99. The highest BCUT2D eigenvalue weighted by atomic mass is 79.9. The smallest absolute Gasteiger partial charge is 0.134 e. The van der Waals surface area contributed by atoms with Gasteiger partial charge in [0.25, 0.3) is 0 Å². The van der Waals surface area contributed by atoms with Crippen LogP contribution in [0.25, 0.3) is 0 Å². The van der Waals surface area contributed by atoms with E-state index >= 15 is 0 Å². The van der Waals surface area contributed by atoms with Crippen LogP contribution in [0.2, 0.25) is 0 Å². The minimum absolute atomic E-state index is 0.843. The first-order chi connectivity index (χ1) is 10.1. The number of aromatic nitrogens is 2. The van der Waals surface area contributed by atoms with E-state index < -0.39 is 0 Å². The number of aryl methyl sites for hydroxylation is 1. The molecule has 0 atom stereocenters. The summed E-state index contributed by atoms with van der Waals surface area (Å²) in [5.74, 6) is 2.78. The van der Waals surface area contributed by atoms with Crippen molar-refractivity contribution in [3.8, 4) is 0 Å². The monoisotopic (exact) mass is 368 g/mol. The molecule has 0 saturated carbocycles. The van der Waals surface area contributed by atoms with Gasteiger partial charge in [0.1, 0.15) is 17.5 Å². The summed E-state index contributed by atoms with van der Waals surface area (Å²) in [4.78, 5) is 11.4. The molecule has 0 aromatic carbocycles.